The zero-order valence-corrected chi connectivity index (χ0v) is 16.1. The van der Waals surface area contributed by atoms with Crippen LogP contribution in [0, 0.1) is 6.92 Å². The first-order valence-corrected chi connectivity index (χ1v) is 9.34. The van der Waals surface area contributed by atoms with Crippen molar-refractivity contribution in [3.63, 3.8) is 0 Å². The lowest BCUT2D eigenvalue weighted by molar-refractivity contribution is 0.0977. The fourth-order valence-corrected chi connectivity index (χ4v) is 3.66. The van der Waals surface area contributed by atoms with E-state index in [1.165, 1.54) is 16.9 Å². The molecule has 4 nitrogen and oxygen atoms in total. The quantitative estimate of drug-likeness (QED) is 0.622. The summed E-state index contributed by atoms with van der Waals surface area (Å²) >= 11 is 12.8. The Morgan fingerprint density at radius 2 is 2.00 bits per heavy atom. The minimum absolute atomic E-state index is 0.214. The lowest BCUT2D eigenvalue weighted by atomic mass is 10.1. The summed E-state index contributed by atoms with van der Waals surface area (Å²) in [5.74, 6) is -0.250. The largest absolute Gasteiger partial charge is 0.308 e. The van der Waals surface area contributed by atoms with Gasteiger partial charge in [-0.3, -0.25) is 10.1 Å². The molecule has 2 N–H and O–H groups in total. The maximum atomic E-state index is 12.2. The smallest absolute Gasteiger partial charge is 0.257 e. The molecule has 25 heavy (non-hydrogen) atoms. The van der Waals surface area contributed by atoms with E-state index in [4.69, 9.17) is 23.8 Å². The van der Waals surface area contributed by atoms with Crippen molar-refractivity contribution in [1.29, 1.82) is 0 Å². The van der Waals surface area contributed by atoms with Gasteiger partial charge in [-0.1, -0.05) is 42.0 Å². The summed E-state index contributed by atoms with van der Waals surface area (Å²) in [6.07, 6.45) is 0.933. The molecule has 0 fully saturated rings. The molecule has 0 spiro atoms. The number of amides is 1. The number of carbonyl (C=O) groups excluding carboxylic acids is 1. The molecule has 1 heterocycles. The van der Waals surface area contributed by atoms with Crippen molar-refractivity contribution < 1.29 is 4.79 Å². The Balaban J connectivity index is 1.68. The summed E-state index contributed by atoms with van der Waals surface area (Å²) < 4.78 is 1.01. The molecule has 0 bridgehead atoms. The van der Waals surface area contributed by atoms with Crippen LogP contribution in [0.4, 0.5) is 5.13 Å². The summed E-state index contributed by atoms with van der Waals surface area (Å²) in [5.41, 5.74) is 3.54. The molecule has 0 aliphatic rings. The van der Waals surface area contributed by atoms with E-state index in [0.29, 0.717) is 15.7 Å². The Bertz CT molecular complexity index is 912. The van der Waals surface area contributed by atoms with Crippen LogP contribution in [0.2, 0.25) is 5.02 Å². The number of nitrogens with zero attached hydrogens (tertiary/aromatic N) is 1. The number of carbonyl (C=O) groups is 1. The number of hydrogen-bond donors (Lipinski definition) is 2. The lowest BCUT2D eigenvalue weighted by Gasteiger charge is -2.07. The molecule has 3 aromatic rings. The van der Waals surface area contributed by atoms with E-state index in [0.717, 1.165) is 22.2 Å². The first-order chi connectivity index (χ1) is 12.0. The second-order valence-electron chi connectivity index (χ2n) is 5.55. The van der Waals surface area contributed by atoms with Gasteiger partial charge in [0.05, 0.1) is 10.2 Å². The summed E-state index contributed by atoms with van der Waals surface area (Å²) in [4.78, 5) is 16.7. The Kier molecular flexibility index (Phi) is 5.32. The third-order valence-electron chi connectivity index (χ3n) is 3.74. The van der Waals surface area contributed by atoms with E-state index in [1.807, 2.05) is 31.2 Å². The number of thiocarbonyl (C=S) groups is 1. The number of hydrogen-bond acceptors (Lipinski definition) is 4. The number of fused-ring (bicyclic) bond motifs is 1. The molecule has 1 aromatic heterocycles. The highest BCUT2D eigenvalue weighted by molar-refractivity contribution is 7.80. The van der Waals surface area contributed by atoms with Crippen LogP contribution in [0.15, 0.2) is 36.4 Å². The molecule has 0 unspecified atom stereocenters. The number of rotatable bonds is 3. The van der Waals surface area contributed by atoms with Crippen LogP contribution < -0.4 is 10.6 Å². The fourth-order valence-electron chi connectivity index (χ4n) is 2.30. The molecule has 0 aliphatic heterocycles. The van der Waals surface area contributed by atoms with Crippen LogP contribution in [0.1, 0.15) is 28.4 Å². The van der Waals surface area contributed by atoms with Crippen molar-refractivity contribution in [2.75, 3.05) is 5.32 Å². The number of benzene rings is 2. The molecule has 0 saturated carbocycles. The van der Waals surface area contributed by atoms with Crippen LogP contribution in [0.25, 0.3) is 10.2 Å². The van der Waals surface area contributed by atoms with Gasteiger partial charge < -0.3 is 5.32 Å². The number of thiazole rings is 1. The molecular weight excluding hydrogens is 374 g/mol. The molecule has 0 atom stereocenters. The van der Waals surface area contributed by atoms with E-state index in [2.05, 4.69) is 22.5 Å². The molecule has 0 radical (unpaired) electrons. The van der Waals surface area contributed by atoms with E-state index in [9.17, 15) is 4.79 Å². The van der Waals surface area contributed by atoms with Crippen molar-refractivity contribution in [3.8, 4) is 0 Å². The van der Waals surface area contributed by atoms with Gasteiger partial charge in [0.15, 0.2) is 10.2 Å². The summed E-state index contributed by atoms with van der Waals surface area (Å²) in [5, 5.41) is 7.13. The third-order valence-corrected chi connectivity index (χ3v) is 5.29. The monoisotopic (exact) mass is 389 g/mol. The van der Waals surface area contributed by atoms with E-state index in [-0.39, 0.29) is 11.0 Å². The van der Waals surface area contributed by atoms with Gasteiger partial charge in [-0.25, -0.2) is 4.98 Å². The predicted octanol–water partition coefficient (Wildman–Crippen LogP) is 4.95. The SMILES string of the molecule is CCc1ccc(C(=O)NC(=S)Nc2nc3cc(Cl)c(C)cc3s2)cc1. The average Bonchev–Trinajstić information content (AvgIpc) is 2.96. The molecule has 0 saturated heterocycles. The normalized spacial score (nSPS) is 10.7. The standard InChI is InChI=1S/C18H16ClN3OS2/c1-3-11-4-6-12(7-5-11)16(23)21-17(24)22-18-20-14-9-13(19)10(2)8-15(14)25-18/h4-9H,3H2,1-2H3,(H2,20,21,22,23,24). The van der Waals surface area contributed by atoms with Crippen molar-refractivity contribution in [3.05, 3.63) is 58.1 Å². The third kappa shape index (κ3) is 4.15. The van der Waals surface area contributed by atoms with E-state index < -0.39 is 0 Å². The Morgan fingerprint density at radius 1 is 1.28 bits per heavy atom. The second-order valence-corrected chi connectivity index (χ2v) is 7.39. The van der Waals surface area contributed by atoms with Crippen LogP contribution in [-0.4, -0.2) is 16.0 Å². The molecule has 7 heteroatoms. The number of aryl methyl sites for hydroxylation is 2. The Labute approximate surface area is 160 Å². The van der Waals surface area contributed by atoms with Crippen LogP contribution >= 0.6 is 35.2 Å². The minimum Gasteiger partial charge on any atom is -0.308 e. The lowest BCUT2D eigenvalue weighted by Crippen LogP contribution is -2.34. The van der Waals surface area contributed by atoms with Crippen molar-refractivity contribution >= 4 is 61.5 Å². The van der Waals surface area contributed by atoms with Gasteiger partial charge in [0, 0.05) is 10.6 Å². The zero-order valence-electron chi connectivity index (χ0n) is 13.7. The highest BCUT2D eigenvalue weighted by Gasteiger charge is 2.11. The number of halogens is 1. The van der Waals surface area contributed by atoms with E-state index >= 15 is 0 Å². The summed E-state index contributed by atoms with van der Waals surface area (Å²) in [6.45, 7) is 4.02. The first-order valence-electron chi connectivity index (χ1n) is 7.74. The van der Waals surface area contributed by atoms with Crippen molar-refractivity contribution in [2.45, 2.75) is 20.3 Å². The highest BCUT2D eigenvalue weighted by atomic mass is 35.5. The second kappa shape index (κ2) is 7.47. The number of nitrogens with one attached hydrogen (secondary N) is 2. The van der Waals surface area contributed by atoms with Gasteiger partial charge in [-0.2, -0.15) is 0 Å². The van der Waals surface area contributed by atoms with Crippen LogP contribution in [0.5, 0.6) is 0 Å². The van der Waals surface area contributed by atoms with Gasteiger partial charge in [0.1, 0.15) is 0 Å². The van der Waals surface area contributed by atoms with Crippen molar-refractivity contribution in [1.82, 2.24) is 10.3 Å². The average molecular weight is 390 g/mol. The van der Waals surface area contributed by atoms with Crippen molar-refractivity contribution in [2.24, 2.45) is 0 Å². The highest BCUT2D eigenvalue weighted by Crippen LogP contribution is 2.30. The van der Waals surface area contributed by atoms with E-state index in [1.54, 1.807) is 12.1 Å². The fraction of sp³-hybridized carbons (Fsp3) is 0.167. The molecular formula is C18H16ClN3OS2. The molecule has 1 amide bonds. The van der Waals surface area contributed by atoms with Gasteiger partial charge in [-0.15, -0.1) is 0 Å². The van der Waals surface area contributed by atoms with Gasteiger partial charge in [0.25, 0.3) is 5.91 Å². The van der Waals surface area contributed by atoms with Gasteiger partial charge in [-0.05, 0) is 61.0 Å². The number of anilines is 1. The van der Waals surface area contributed by atoms with Gasteiger partial charge >= 0.3 is 0 Å². The zero-order chi connectivity index (χ0) is 18.0. The Morgan fingerprint density at radius 3 is 2.68 bits per heavy atom. The maximum absolute atomic E-state index is 12.2. The first kappa shape index (κ1) is 17.8. The topological polar surface area (TPSA) is 54.0 Å². The minimum atomic E-state index is -0.250. The molecule has 2 aromatic carbocycles. The van der Waals surface area contributed by atoms with Crippen LogP contribution in [-0.2, 0) is 6.42 Å². The maximum Gasteiger partial charge on any atom is 0.257 e. The summed E-state index contributed by atoms with van der Waals surface area (Å²) in [7, 11) is 0. The van der Waals surface area contributed by atoms with Crippen LogP contribution in [0.3, 0.4) is 0 Å². The number of aromatic nitrogens is 1. The molecule has 128 valence electrons. The predicted molar refractivity (Wildman–Crippen MR) is 109 cm³/mol. The summed E-state index contributed by atoms with van der Waals surface area (Å²) in [6, 6.07) is 11.3. The molecule has 0 aliphatic carbocycles. The van der Waals surface area contributed by atoms with Gasteiger partial charge in [0.2, 0.25) is 0 Å². The Hall–Kier alpha value is -2.02. The molecule has 3 rings (SSSR count).